The molecule has 0 aliphatic rings. The van der Waals surface area contributed by atoms with Crippen molar-refractivity contribution in [3.8, 4) is 0 Å². The van der Waals surface area contributed by atoms with E-state index in [9.17, 15) is 0 Å². The number of hydrogen-bond donors (Lipinski definition) is 1. The van der Waals surface area contributed by atoms with E-state index in [0.29, 0.717) is 6.54 Å². The molecule has 0 amide bonds. The Labute approximate surface area is 105 Å². The smallest absolute Gasteiger partial charge is 0.131 e. The summed E-state index contributed by atoms with van der Waals surface area (Å²) in [4.78, 5) is 6.98. The first kappa shape index (κ1) is 14.0. The molecule has 1 aromatic rings. The van der Waals surface area contributed by atoms with Crippen LogP contribution < -0.4 is 10.6 Å². The predicted octanol–water partition coefficient (Wildman–Crippen LogP) is 2.52. The number of nitrogens with zero attached hydrogens (tertiary/aromatic N) is 2. The standard InChI is InChI=1S/C14H25N3/c1-4-8-17(9-5-2)14-12(3)10-13(6-7-15)11-16-14/h10-11H,4-9,15H2,1-3H3. The molecule has 0 radical (unpaired) electrons. The third-order valence-corrected chi connectivity index (χ3v) is 2.83. The lowest BCUT2D eigenvalue weighted by Gasteiger charge is -2.24. The zero-order valence-corrected chi connectivity index (χ0v) is 11.4. The van der Waals surface area contributed by atoms with Crippen LogP contribution in [0.3, 0.4) is 0 Å². The zero-order valence-electron chi connectivity index (χ0n) is 11.4. The van der Waals surface area contributed by atoms with E-state index in [-0.39, 0.29) is 0 Å². The summed E-state index contributed by atoms with van der Waals surface area (Å²) in [6.45, 7) is 9.41. The van der Waals surface area contributed by atoms with E-state index in [1.54, 1.807) is 0 Å². The molecule has 17 heavy (non-hydrogen) atoms. The summed E-state index contributed by atoms with van der Waals surface area (Å²) in [6.07, 6.45) is 5.19. The zero-order chi connectivity index (χ0) is 12.7. The van der Waals surface area contributed by atoms with Crippen LogP contribution >= 0.6 is 0 Å². The normalized spacial score (nSPS) is 10.6. The quantitative estimate of drug-likeness (QED) is 0.789. The fraction of sp³-hybridized carbons (Fsp3) is 0.643. The third kappa shape index (κ3) is 4.00. The molecule has 0 bridgehead atoms. The van der Waals surface area contributed by atoms with Crippen LogP contribution in [0.4, 0.5) is 5.82 Å². The highest BCUT2D eigenvalue weighted by molar-refractivity contribution is 5.47. The van der Waals surface area contributed by atoms with Gasteiger partial charge in [-0.05, 0) is 43.9 Å². The molecule has 0 aliphatic carbocycles. The maximum atomic E-state index is 5.57. The van der Waals surface area contributed by atoms with E-state index in [0.717, 1.165) is 38.2 Å². The van der Waals surface area contributed by atoms with Crippen LogP contribution in [0, 0.1) is 6.92 Å². The van der Waals surface area contributed by atoms with Gasteiger partial charge >= 0.3 is 0 Å². The molecule has 1 aromatic heterocycles. The van der Waals surface area contributed by atoms with Crippen LogP contribution in [-0.4, -0.2) is 24.6 Å². The Bertz CT molecular complexity index is 330. The number of aromatic nitrogens is 1. The van der Waals surface area contributed by atoms with Gasteiger partial charge in [-0.1, -0.05) is 19.9 Å². The molecule has 1 rings (SSSR count). The molecule has 0 aliphatic heterocycles. The monoisotopic (exact) mass is 235 g/mol. The van der Waals surface area contributed by atoms with Crippen LogP contribution in [0.15, 0.2) is 12.3 Å². The summed E-state index contributed by atoms with van der Waals surface area (Å²) < 4.78 is 0. The molecular formula is C14H25N3. The van der Waals surface area contributed by atoms with E-state index < -0.39 is 0 Å². The fourth-order valence-corrected chi connectivity index (χ4v) is 2.12. The van der Waals surface area contributed by atoms with Gasteiger partial charge in [-0.2, -0.15) is 0 Å². The number of hydrogen-bond acceptors (Lipinski definition) is 3. The molecule has 0 saturated carbocycles. The van der Waals surface area contributed by atoms with Gasteiger partial charge < -0.3 is 10.6 Å². The van der Waals surface area contributed by atoms with Crippen LogP contribution in [0.2, 0.25) is 0 Å². The van der Waals surface area contributed by atoms with Crippen molar-refractivity contribution >= 4 is 5.82 Å². The first-order valence-electron chi connectivity index (χ1n) is 6.63. The summed E-state index contributed by atoms with van der Waals surface area (Å²) in [5, 5.41) is 0. The second kappa shape index (κ2) is 7.28. The number of nitrogens with two attached hydrogens (primary N) is 1. The summed E-state index contributed by atoms with van der Waals surface area (Å²) in [5.41, 5.74) is 8.07. The van der Waals surface area contributed by atoms with E-state index in [2.05, 4.69) is 36.7 Å². The maximum absolute atomic E-state index is 5.57. The lowest BCUT2D eigenvalue weighted by atomic mass is 10.1. The van der Waals surface area contributed by atoms with E-state index in [4.69, 9.17) is 5.73 Å². The Kier molecular flexibility index (Phi) is 5.98. The Hall–Kier alpha value is -1.09. The van der Waals surface area contributed by atoms with Crippen molar-refractivity contribution < 1.29 is 0 Å². The minimum atomic E-state index is 0.689. The summed E-state index contributed by atoms with van der Waals surface area (Å²) in [7, 11) is 0. The Morgan fingerprint density at radius 2 is 1.88 bits per heavy atom. The number of pyridine rings is 1. The molecule has 3 nitrogen and oxygen atoms in total. The van der Waals surface area contributed by atoms with Gasteiger partial charge in [-0.3, -0.25) is 0 Å². The second-order valence-corrected chi connectivity index (χ2v) is 4.51. The lowest BCUT2D eigenvalue weighted by molar-refractivity contribution is 0.730. The van der Waals surface area contributed by atoms with Crippen LogP contribution in [0.5, 0.6) is 0 Å². The fourth-order valence-electron chi connectivity index (χ4n) is 2.12. The minimum Gasteiger partial charge on any atom is -0.356 e. The lowest BCUT2D eigenvalue weighted by Crippen LogP contribution is -2.26. The first-order chi connectivity index (χ1) is 8.22. The number of rotatable bonds is 7. The number of aryl methyl sites for hydroxylation is 1. The van der Waals surface area contributed by atoms with Crippen molar-refractivity contribution in [2.75, 3.05) is 24.5 Å². The molecule has 0 atom stereocenters. The molecular weight excluding hydrogens is 210 g/mol. The second-order valence-electron chi connectivity index (χ2n) is 4.51. The molecule has 1 heterocycles. The van der Waals surface area contributed by atoms with Crippen molar-refractivity contribution in [2.45, 2.75) is 40.0 Å². The molecule has 0 fully saturated rings. The molecule has 2 N–H and O–H groups in total. The summed E-state index contributed by atoms with van der Waals surface area (Å²) >= 11 is 0. The predicted molar refractivity (Wildman–Crippen MR) is 74.5 cm³/mol. The van der Waals surface area contributed by atoms with Crippen LogP contribution in [-0.2, 0) is 6.42 Å². The topological polar surface area (TPSA) is 42.2 Å². The molecule has 0 unspecified atom stereocenters. The van der Waals surface area contributed by atoms with E-state index >= 15 is 0 Å². The van der Waals surface area contributed by atoms with E-state index in [1.807, 2.05) is 6.20 Å². The van der Waals surface area contributed by atoms with Crippen molar-refractivity contribution in [2.24, 2.45) is 5.73 Å². The molecule has 0 spiro atoms. The first-order valence-corrected chi connectivity index (χ1v) is 6.63. The molecule has 96 valence electrons. The van der Waals surface area contributed by atoms with Crippen LogP contribution in [0.25, 0.3) is 0 Å². The maximum Gasteiger partial charge on any atom is 0.131 e. The van der Waals surface area contributed by atoms with Crippen molar-refractivity contribution in [3.63, 3.8) is 0 Å². The summed E-state index contributed by atoms with van der Waals surface area (Å²) in [6, 6.07) is 2.22. The van der Waals surface area contributed by atoms with Gasteiger partial charge in [0.1, 0.15) is 5.82 Å². The van der Waals surface area contributed by atoms with E-state index in [1.165, 1.54) is 11.1 Å². The largest absolute Gasteiger partial charge is 0.356 e. The Morgan fingerprint density at radius 3 is 2.35 bits per heavy atom. The average Bonchev–Trinajstić information content (AvgIpc) is 2.29. The van der Waals surface area contributed by atoms with Crippen molar-refractivity contribution in [3.05, 3.63) is 23.4 Å². The van der Waals surface area contributed by atoms with Crippen molar-refractivity contribution in [1.82, 2.24) is 4.98 Å². The SMILES string of the molecule is CCCN(CCC)c1ncc(CCN)cc1C. The highest BCUT2D eigenvalue weighted by Crippen LogP contribution is 2.18. The highest BCUT2D eigenvalue weighted by Gasteiger charge is 2.09. The van der Waals surface area contributed by atoms with Gasteiger partial charge in [0.2, 0.25) is 0 Å². The third-order valence-electron chi connectivity index (χ3n) is 2.83. The van der Waals surface area contributed by atoms with Gasteiger partial charge in [0.05, 0.1) is 0 Å². The van der Waals surface area contributed by atoms with Gasteiger partial charge in [0.15, 0.2) is 0 Å². The highest BCUT2D eigenvalue weighted by atomic mass is 15.2. The van der Waals surface area contributed by atoms with Crippen LogP contribution in [0.1, 0.15) is 37.8 Å². The Morgan fingerprint density at radius 1 is 1.24 bits per heavy atom. The minimum absolute atomic E-state index is 0.689. The number of anilines is 1. The van der Waals surface area contributed by atoms with Gasteiger partial charge in [-0.25, -0.2) is 4.98 Å². The molecule has 0 aromatic carbocycles. The van der Waals surface area contributed by atoms with Gasteiger partial charge in [0.25, 0.3) is 0 Å². The summed E-state index contributed by atoms with van der Waals surface area (Å²) in [5.74, 6) is 1.13. The van der Waals surface area contributed by atoms with Gasteiger partial charge in [0, 0.05) is 19.3 Å². The van der Waals surface area contributed by atoms with Crippen molar-refractivity contribution in [1.29, 1.82) is 0 Å². The van der Waals surface area contributed by atoms with Gasteiger partial charge in [-0.15, -0.1) is 0 Å². The Balaban J connectivity index is 2.87. The molecule has 0 saturated heterocycles. The average molecular weight is 235 g/mol. The molecule has 3 heteroatoms.